The molecule has 1 atom stereocenters. The molecule has 0 heterocycles. The van der Waals surface area contributed by atoms with Gasteiger partial charge >= 0.3 is 98.1 Å². The maximum absolute atomic E-state index is 5.66. The van der Waals surface area contributed by atoms with Crippen molar-refractivity contribution in [2.75, 3.05) is 19.6 Å². The van der Waals surface area contributed by atoms with Crippen molar-refractivity contribution in [2.24, 2.45) is 11.5 Å². The number of hydrogen-bond donors (Lipinski definition) is 3. The minimum absolute atomic E-state index is 0.350. The van der Waals surface area contributed by atoms with Gasteiger partial charge in [-0.2, -0.15) is 0 Å². The van der Waals surface area contributed by atoms with Crippen molar-refractivity contribution >= 4 is 17.7 Å². The van der Waals surface area contributed by atoms with Crippen LogP contribution in [0.3, 0.4) is 0 Å². The molecule has 0 aromatic heterocycles. The second-order valence-electron chi connectivity index (χ2n) is 4.43. The molecule has 0 aliphatic carbocycles. The predicted molar refractivity (Wildman–Crippen MR) is 68.0 cm³/mol. The molecule has 0 saturated heterocycles. The maximum atomic E-state index is 5.66. The molecule has 0 bridgehead atoms. The van der Waals surface area contributed by atoms with E-state index in [0.717, 1.165) is 26.1 Å². The van der Waals surface area contributed by atoms with Crippen molar-refractivity contribution in [2.45, 2.75) is 49.7 Å². The predicted octanol–water partition coefficient (Wildman–Crippen LogP) is 0.719. The molecule has 15 heavy (non-hydrogen) atoms. The first-order chi connectivity index (χ1) is 7.27. The van der Waals surface area contributed by atoms with Crippen molar-refractivity contribution in [3.63, 3.8) is 0 Å². The SMILES string of the molecule is [Li][CH](N)CCCNCCCCCCCN. The quantitative estimate of drug-likeness (QED) is 0.345. The molecule has 0 amide bonds. The van der Waals surface area contributed by atoms with E-state index in [4.69, 9.17) is 11.5 Å². The van der Waals surface area contributed by atoms with Crippen molar-refractivity contribution in [1.29, 1.82) is 0 Å². The number of nitrogens with one attached hydrogen (secondary N) is 1. The van der Waals surface area contributed by atoms with Crippen molar-refractivity contribution in [3.05, 3.63) is 0 Å². The summed E-state index contributed by atoms with van der Waals surface area (Å²) in [5.74, 6) is 0. The zero-order valence-electron chi connectivity index (χ0n) is 10.3. The third kappa shape index (κ3) is 14.5. The van der Waals surface area contributed by atoms with Gasteiger partial charge in [0.25, 0.3) is 0 Å². The third-order valence-electron chi connectivity index (χ3n) is 2.57. The zero-order valence-corrected chi connectivity index (χ0v) is 10.3. The molecule has 1 unspecified atom stereocenters. The van der Waals surface area contributed by atoms with Gasteiger partial charge in [-0.05, 0) is 0 Å². The molecule has 0 rings (SSSR count). The van der Waals surface area contributed by atoms with E-state index in [1.165, 1.54) is 38.5 Å². The Labute approximate surface area is 104 Å². The van der Waals surface area contributed by atoms with Gasteiger partial charge in [0.15, 0.2) is 0 Å². The van der Waals surface area contributed by atoms with E-state index in [2.05, 4.69) is 23.0 Å². The molecule has 0 aromatic carbocycles. The van der Waals surface area contributed by atoms with E-state index in [0.29, 0.717) is 4.71 Å². The fraction of sp³-hybridized carbons (Fsp3) is 1.00. The molecular formula is C11H26LiN3. The van der Waals surface area contributed by atoms with Gasteiger partial charge in [0, 0.05) is 0 Å². The van der Waals surface area contributed by atoms with Crippen molar-refractivity contribution in [3.8, 4) is 0 Å². The first-order valence-electron chi connectivity index (χ1n) is 6.43. The van der Waals surface area contributed by atoms with Crippen LogP contribution >= 0.6 is 0 Å². The molecule has 0 aliphatic heterocycles. The average molecular weight is 207 g/mol. The summed E-state index contributed by atoms with van der Waals surface area (Å²) >= 11 is 2.07. The summed E-state index contributed by atoms with van der Waals surface area (Å²) in [6.45, 7) is 3.11. The second kappa shape index (κ2) is 12.5. The Morgan fingerprint density at radius 1 is 0.933 bits per heavy atom. The Kier molecular flexibility index (Phi) is 12.9. The Bertz CT molecular complexity index is 120. The molecule has 0 fully saturated rings. The van der Waals surface area contributed by atoms with Crippen LogP contribution in [0, 0.1) is 0 Å². The van der Waals surface area contributed by atoms with Gasteiger partial charge in [-0.25, -0.2) is 0 Å². The summed E-state index contributed by atoms with van der Waals surface area (Å²) in [5.41, 5.74) is 11.1. The molecule has 3 nitrogen and oxygen atoms in total. The second-order valence-corrected chi connectivity index (χ2v) is 4.43. The van der Waals surface area contributed by atoms with Gasteiger partial charge in [-0.15, -0.1) is 0 Å². The van der Waals surface area contributed by atoms with Crippen LogP contribution in [0.5, 0.6) is 0 Å². The number of rotatable bonds is 11. The smallest absolute Gasteiger partial charge is 0.330 e. The zero-order chi connectivity index (χ0) is 11.4. The Morgan fingerprint density at radius 3 is 2.20 bits per heavy atom. The molecule has 0 aromatic rings. The minimum atomic E-state index is 0.350. The summed E-state index contributed by atoms with van der Waals surface area (Å²) in [4.78, 5) is 0. The molecule has 0 radical (unpaired) electrons. The van der Waals surface area contributed by atoms with E-state index in [9.17, 15) is 0 Å². The molecule has 5 N–H and O–H groups in total. The molecule has 0 saturated carbocycles. The van der Waals surface area contributed by atoms with Crippen LogP contribution in [0.15, 0.2) is 0 Å². The van der Waals surface area contributed by atoms with Gasteiger partial charge in [-0.1, -0.05) is 0 Å². The molecule has 0 aliphatic rings. The van der Waals surface area contributed by atoms with E-state index in [1.807, 2.05) is 0 Å². The van der Waals surface area contributed by atoms with Crippen LogP contribution < -0.4 is 16.8 Å². The Hall–Kier alpha value is 0.477. The number of unbranched alkanes of at least 4 members (excludes halogenated alkanes) is 4. The minimum Gasteiger partial charge on any atom is -0.330 e. The number of nitrogens with two attached hydrogens (primary N) is 2. The van der Waals surface area contributed by atoms with Crippen molar-refractivity contribution in [1.82, 2.24) is 5.32 Å². The summed E-state index contributed by atoms with van der Waals surface area (Å²) < 4.78 is 0.350. The van der Waals surface area contributed by atoms with Crippen LogP contribution in [-0.2, 0) is 0 Å². The standard InChI is InChI=1S/C11H26N3.Li/c12-8-4-2-1-3-6-10-14-11-7-5-9-13;/h9,14H,1-8,10-13H2;. The van der Waals surface area contributed by atoms with Gasteiger partial charge in [0.2, 0.25) is 0 Å². The Balaban J connectivity index is 2.87. The first-order valence-corrected chi connectivity index (χ1v) is 6.43. The van der Waals surface area contributed by atoms with Crippen LogP contribution in [-0.4, -0.2) is 42.1 Å². The van der Waals surface area contributed by atoms with Crippen LogP contribution in [0.4, 0.5) is 0 Å². The first kappa shape index (κ1) is 15.5. The fourth-order valence-corrected chi connectivity index (χ4v) is 1.60. The van der Waals surface area contributed by atoms with Gasteiger partial charge in [0.05, 0.1) is 0 Å². The van der Waals surface area contributed by atoms with E-state index >= 15 is 0 Å². The summed E-state index contributed by atoms with van der Waals surface area (Å²) in [6.07, 6.45) is 8.76. The van der Waals surface area contributed by atoms with Crippen LogP contribution in [0.1, 0.15) is 44.9 Å². The monoisotopic (exact) mass is 207 g/mol. The third-order valence-corrected chi connectivity index (χ3v) is 2.57. The van der Waals surface area contributed by atoms with Crippen LogP contribution in [0.25, 0.3) is 0 Å². The normalized spacial score (nSPS) is 13.1. The van der Waals surface area contributed by atoms with Gasteiger partial charge in [0.1, 0.15) is 0 Å². The Morgan fingerprint density at radius 2 is 1.53 bits per heavy atom. The average Bonchev–Trinajstić information content (AvgIpc) is 2.20. The fourth-order valence-electron chi connectivity index (χ4n) is 1.60. The van der Waals surface area contributed by atoms with E-state index in [-0.39, 0.29) is 0 Å². The van der Waals surface area contributed by atoms with E-state index < -0.39 is 0 Å². The molecular weight excluding hydrogens is 181 g/mol. The molecule has 0 spiro atoms. The van der Waals surface area contributed by atoms with Gasteiger partial charge < -0.3 is 5.73 Å². The molecule has 4 heteroatoms. The van der Waals surface area contributed by atoms with E-state index in [1.54, 1.807) is 0 Å². The summed E-state index contributed by atoms with van der Waals surface area (Å²) in [7, 11) is 0. The molecule has 86 valence electrons. The van der Waals surface area contributed by atoms with Crippen molar-refractivity contribution < 1.29 is 0 Å². The van der Waals surface area contributed by atoms with Gasteiger partial charge in [-0.3, -0.25) is 0 Å². The topological polar surface area (TPSA) is 64.1 Å². The summed E-state index contributed by atoms with van der Waals surface area (Å²) in [6, 6.07) is 0. The summed E-state index contributed by atoms with van der Waals surface area (Å²) in [5, 5.41) is 3.45. The van der Waals surface area contributed by atoms with Crippen LogP contribution in [0.2, 0.25) is 0 Å². The number of hydrogen-bond acceptors (Lipinski definition) is 3.